The Hall–Kier alpha value is -3.39. The van der Waals surface area contributed by atoms with E-state index in [1.165, 1.54) is 29.8 Å². The second kappa shape index (κ2) is 8.16. The largest absolute Gasteiger partial charge is 0.334 e. The number of halogens is 1. The highest BCUT2D eigenvalue weighted by molar-refractivity contribution is 7.17. The van der Waals surface area contributed by atoms with Crippen LogP contribution in [0.15, 0.2) is 61.2 Å². The van der Waals surface area contributed by atoms with E-state index in [0.29, 0.717) is 15.6 Å². The van der Waals surface area contributed by atoms with Gasteiger partial charge in [0.25, 0.3) is 5.91 Å². The maximum absolute atomic E-state index is 13.2. The second-order valence-electron chi connectivity index (χ2n) is 6.96. The van der Waals surface area contributed by atoms with Crippen LogP contribution in [0.2, 0.25) is 0 Å². The third-order valence-corrected chi connectivity index (χ3v) is 6.24. The molecule has 30 heavy (non-hydrogen) atoms. The van der Waals surface area contributed by atoms with Gasteiger partial charge < -0.3 is 4.90 Å². The molecule has 1 atom stereocenters. The topological polar surface area (TPSA) is 63.9 Å². The number of aryl methyl sites for hydroxylation is 1. The molecule has 1 unspecified atom stereocenters. The highest BCUT2D eigenvalue weighted by Crippen LogP contribution is 2.30. The SMILES string of the molecule is Cc1nc(-c2ccc(F)cc2)sc1C(=O)N(C)C(C)c1ccc(-n2cncn2)cc1. The molecule has 4 rings (SSSR count). The maximum atomic E-state index is 13.2. The lowest BCUT2D eigenvalue weighted by Crippen LogP contribution is -2.29. The quantitative estimate of drug-likeness (QED) is 0.470. The van der Waals surface area contributed by atoms with E-state index >= 15 is 0 Å². The zero-order valence-corrected chi connectivity index (χ0v) is 17.6. The number of rotatable bonds is 5. The highest BCUT2D eigenvalue weighted by atomic mass is 32.1. The summed E-state index contributed by atoms with van der Waals surface area (Å²) in [7, 11) is 1.79. The summed E-state index contributed by atoms with van der Waals surface area (Å²) in [5.74, 6) is -0.391. The first-order valence-electron chi connectivity index (χ1n) is 9.39. The molecule has 0 fully saturated rings. The van der Waals surface area contributed by atoms with Crippen LogP contribution in [0.4, 0.5) is 4.39 Å². The van der Waals surface area contributed by atoms with Crippen molar-refractivity contribution >= 4 is 17.2 Å². The molecule has 0 bridgehead atoms. The maximum Gasteiger partial charge on any atom is 0.266 e. The molecule has 0 N–H and O–H groups in total. The molecule has 8 heteroatoms. The van der Waals surface area contributed by atoms with E-state index < -0.39 is 0 Å². The van der Waals surface area contributed by atoms with Crippen molar-refractivity contribution in [3.8, 4) is 16.3 Å². The van der Waals surface area contributed by atoms with Crippen molar-refractivity contribution in [2.24, 2.45) is 0 Å². The van der Waals surface area contributed by atoms with Crippen molar-refractivity contribution in [2.75, 3.05) is 7.05 Å². The molecule has 0 aliphatic rings. The standard InChI is InChI=1S/C22H20FN5OS/c1-14-20(30-21(26-14)17-4-8-18(23)9-5-17)22(29)27(3)15(2)16-6-10-19(11-7-16)28-13-24-12-25-28/h4-13,15H,1-3H3. The average molecular weight is 422 g/mol. The number of aromatic nitrogens is 4. The third kappa shape index (κ3) is 3.86. The van der Waals surface area contributed by atoms with Crippen molar-refractivity contribution in [3.63, 3.8) is 0 Å². The van der Waals surface area contributed by atoms with Gasteiger partial charge in [-0.1, -0.05) is 12.1 Å². The Labute approximate surface area is 177 Å². The summed E-state index contributed by atoms with van der Waals surface area (Å²) in [6.45, 7) is 3.81. The van der Waals surface area contributed by atoms with Gasteiger partial charge in [0.15, 0.2) is 0 Å². The van der Waals surface area contributed by atoms with Gasteiger partial charge in [0.05, 0.1) is 17.4 Å². The first kappa shape index (κ1) is 19.9. The number of thiazole rings is 1. The Balaban J connectivity index is 1.53. The molecule has 0 aliphatic carbocycles. The van der Waals surface area contributed by atoms with E-state index in [0.717, 1.165) is 16.8 Å². The Morgan fingerprint density at radius 1 is 1.13 bits per heavy atom. The summed E-state index contributed by atoms with van der Waals surface area (Å²) in [6.07, 6.45) is 3.12. The summed E-state index contributed by atoms with van der Waals surface area (Å²) >= 11 is 1.32. The number of nitrogens with zero attached hydrogens (tertiary/aromatic N) is 5. The molecule has 0 saturated carbocycles. The van der Waals surface area contributed by atoms with Crippen LogP contribution >= 0.6 is 11.3 Å². The number of benzene rings is 2. The summed E-state index contributed by atoms with van der Waals surface area (Å²) in [5.41, 5.74) is 3.38. The minimum atomic E-state index is -0.299. The molecular weight excluding hydrogens is 401 g/mol. The van der Waals surface area contributed by atoms with Gasteiger partial charge in [-0.05, 0) is 55.8 Å². The van der Waals surface area contributed by atoms with Gasteiger partial charge in [0.1, 0.15) is 28.4 Å². The van der Waals surface area contributed by atoms with E-state index in [1.807, 2.05) is 38.1 Å². The van der Waals surface area contributed by atoms with E-state index in [4.69, 9.17) is 0 Å². The number of carbonyl (C=O) groups excluding carboxylic acids is 1. The van der Waals surface area contributed by atoms with Crippen LogP contribution in [0.3, 0.4) is 0 Å². The van der Waals surface area contributed by atoms with Gasteiger partial charge >= 0.3 is 0 Å². The van der Waals surface area contributed by atoms with Crippen LogP contribution in [-0.4, -0.2) is 37.6 Å². The summed E-state index contributed by atoms with van der Waals surface area (Å²) in [6, 6.07) is 13.9. The lowest BCUT2D eigenvalue weighted by molar-refractivity contribution is 0.0746. The van der Waals surface area contributed by atoms with E-state index in [9.17, 15) is 9.18 Å². The molecule has 0 saturated heterocycles. The first-order valence-corrected chi connectivity index (χ1v) is 10.2. The normalized spacial score (nSPS) is 12.0. The zero-order valence-electron chi connectivity index (χ0n) is 16.8. The minimum Gasteiger partial charge on any atom is -0.334 e. The van der Waals surface area contributed by atoms with Crippen LogP contribution < -0.4 is 0 Å². The predicted octanol–water partition coefficient (Wildman–Crippen LogP) is 4.67. The molecule has 152 valence electrons. The third-order valence-electron chi connectivity index (χ3n) is 5.04. The Morgan fingerprint density at radius 3 is 2.47 bits per heavy atom. The number of amides is 1. The molecule has 4 aromatic rings. The molecule has 2 heterocycles. The van der Waals surface area contributed by atoms with Gasteiger partial charge in [-0.3, -0.25) is 4.79 Å². The molecule has 6 nitrogen and oxygen atoms in total. The number of carbonyl (C=O) groups is 1. The van der Waals surface area contributed by atoms with E-state index in [1.54, 1.807) is 35.1 Å². The molecule has 0 radical (unpaired) electrons. The van der Waals surface area contributed by atoms with Gasteiger partial charge in [-0.25, -0.2) is 19.0 Å². The van der Waals surface area contributed by atoms with Crippen LogP contribution in [-0.2, 0) is 0 Å². The number of hydrogen-bond donors (Lipinski definition) is 0. The van der Waals surface area contributed by atoms with Crippen molar-refractivity contribution in [1.29, 1.82) is 0 Å². The van der Waals surface area contributed by atoms with Gasteiger partial charge in [-0.15, -0.1) is 11.3 Å². The molecule has 0 aliphatic heterocycles. The van der Waals surface area contributed by atoms with Gasteiger partial charge in [0, 0.05) is 12.6 Å². The van der Waals surface area contributed by atoms with Crippen molar-refractivity contribution < 1.29 is 9.18 Å². The smallest absolute Gasteiger partial charge is 0.266 e. The minimum absolute atomic E-state index is 0.0915. The fourth-order valence-corrected chi connectivity index (χ4v) is 4.17. The Morgan fingerprint density at radius 2 is 1.83 bits per heavy atom. The fourth-order valence-electron chi connectivity index (χ4n) is 3.12. The molecular formula is C22H20FN5OS. The van der Waals surface area contributed by atoms with Crippen LogP contribution in [0, 0.1) is 12.7 Å². The van der Waals surface area contributed by atoms with Crippen LogP contribution in [0.5, 0.6) is 0 Å². The first-order chi connectivity index (χ1) is 14.4. The summed E-state index contributed by atoms with van der Waals surface area (Å²) in [5, 5.41) is 4.82. The van der Waals surface area contributed by atoms with Crippen LogP contribution in [0.1, 0.15) is 33.9 Å². The molecule has 1 amide bonds. The van der Waals surface area contributed by atoms with E-state index in [2.05, 4.69) is 15.1 Å². The monoisotopic (exact) mass is 421 g/mol. The zero-order chi connectivity index (χ0) is 21.3. The van der Waals surface area contributed by atoms with Gasteiger partial charge in [-0.2, -0.15) is 5.10 Å². The van der Waals surface area contributed by atoms with Gasteiger partial charge in [0.2, 0.25) is 0 Å². The highest BCUT2D eigenvalue weighted by Gasteiger charge is 2.24. The lowest BCUT2D eigenvalue weighted by atomic mass is 10.1. The Bertz CT molecular complexity index is 1150. The predicted molar refractivity (Wildman–Crippen MR) is 114 cm³/mol. The van der Waals surface area contributed by atoms with Crippen LogP contribution in [0.25, 0.3) is 16.3 Å². The van der Waals surface area contributed by atoms with E-state index in [-0.39, 0.29) is 17.8 Å². The van der Waals surface area contributed by atoms with Crippen molar-refractivity contribution in [1.82, 2.24) is 24.6 Å². The molecule has 2 aromatic heterocycles. The molecule has 2 aromatic carbocycles. The van der Waals surface area contributed by atoms with Crippen molar-refractivity contribution in [2.45, 2.75) is 19.9 Å². The fraction of sp³-hybridized carbons (Fsp3) is 0.182. The summed E-state index contributed by atoms with van der Waals surface area (Å²) in [4.78, 5) is 23.9. The average Bonchev–Trinajstić information content (AvgIpc) is 3.43. The molecule has 0 spiro atoms. The number of hydrogen-bond acceptors (Lipinski definition) is 5. The van der Waals surface area contributed by atoms with Crippen molar-refractivity contribution in [3.05, 3.63) is 83.1 Å². The second-order valence-corrected chi connectivity index (χ2v) is 7.96. The Kier molecular flexibility index (Phi) is 5.41. The lowest BCUT2D eigenvalue weighted by Gasteiger charge is -2.25. The summed E-state index contributed by atoms with van der Waals surface area (Å²) < 4.78 is 14.9.